The molecule has 0 fully saturated rings. The fraction of sp³-hybridized carbons (Fsp3) is 0.214. The van der Waals surface area contributed by atoms with Gasteiger partial charge in [0, 0.05) is 17.5 Å². The summed E-state index contributed by atoms with van der Waals surface area (Å²) in [6, 6.07) is 11.7. The van der Waals surface area contributed by atoms with E-state index in [1.54, 1.807) is 32.2 Å². The zero-order valence-corrected chi connectivity index (χ0v) is 11.2. The minimum absolute atomic E-state index is 0.803. The zero-order valence-electron chi connectivity index (χ0n) is 10.4. The van der Waals surface area contributed by atoms with Crippen LogP contribution in [0.3, 0.4) is 0 Å². The molecule has 0 unspecified atom stereocenters. The van der Waals surface area contributed by atoms with Crippen LogP contribution in [0.2, 0.25) is 0 Å². The Labute approximate surface area is 111 Å². The van der Waals surface area contributed by atoms with Crippen molar-refractivity contribution in [2.24, 2.45) is 0 Å². The van der Waals surface area contributed by atoms with E-state index in [-0.39, 0.29) is 0 Å². The van der Waals surface area contributed by atoms with Crippen LogP contribution in [-0.4, -0.2) is 19.2 Å². The highest BCUT2D eigenvalue weighted by Gasteiger charge is 2.06. The van der Waals surface area contributed by atoms with E-state index in [0.717, 1.165) is 27.8 Å². The van der Waals surface area contributed by atoms with Crippen molar-refractivity contribution < 1.29 is 9.47 Å². The van der Waals surface area contributed by atoms with Crippen molar-refractivity contribution in [3.8, 4) is 11.5 Å². The molecule has 4 heteroatoms. The second-order valence-corrected chi connectivity index (χ2v) is 4.63. The summed E-state index contributed by atoms with van der Waals surface area (Å²) in [7, 11) is 3.34. The first-order chi connectivity index (χ1) is 8.83. The number of rotatable bonds is 5. The molecule has 3 nitrogen and oxygen atoms in total. The minimum atomic E-state index is 0.803. The zero-order chi connectivity index (χ0) is 12.8. The number of ether oxygens (including phenoxy) is 2. The van der Waals surface area contributed by atoms with Crippen LogP contribution in [0.4, 0.5) is 0 Å². The third-order valence-electron chi connectivity index (χ3n) is 2.50. The first-order valence-electron chi connectivity index (χ1n) is 5.58. The lowest BCUT2D eigenvalue weighted by atomic mass is 10.2. The van der Waals surface area contributed by atoms with Gasteiger partial charge in [0.15, 0.2) is 0 Å². The van der Waals surface area contributed by atoms with Crippen molar-refractivity contribution in [1.82, 2.24) is 4.98 Å². The summed E-state index contributed by atoms with van der Waals surface area (Å²) < 4.78 is 10.6. The van der Waals surface area contributed by atoms with Gasteiger partial charge in [0.2, 0.25) is 0 Å². The predicted molar refractivity (Wildman–Crippen MR) is 73.3 cm³/mol. The molecule has 0 atom stereocenters. The fourth-order valence-corrected chi connectivity index (χ4v) is 2.42. The second kappa shape index (κ2) is 6.31. The van der Waals surface area contributed by atoms with Crippen LogP contribution in [-0.2, 0) is 5.75 Å². The molecule has 2 aromatic rings. The summed E-state index contributed by atoms with van der Waals surface area (Å²) in [4.78, 5) is 4.28. The molecule has 0 aliphatic heterocycles. The van der Waals surface area contributed by atoms with Crippen molar-refractivity contribution in [3.63, 3.8) is 0 Å². The van der Waals surface area contributed by atoms with Gasteiger partial charge in [0.05, 0.1) is 19.2 Å². The summed E-state index contributed by atoms with van der Waals surface area (Å²) >= 11 is 1.68. The Bertz CT molecular complexity index is 502. The first kappa shape index (κ1) is 12.8. The molecule has 0 aliphatic rings. The number of pyridine rings is 1. The summed E-state index contributed by atoms with van der Waals surface area (Å²) in [6.45, 7) is 0. The first-order valence-corrected chi connectivity index (χ1v) is 6.57. The molecule has 2 rings (SSSR count). The van der Waals surface area contributed by atoms with E-state index in [2.05, 4.69) is 4.98 Å². The summed E-state index contributed by atoms with van der Waals surface area (Å²) in [5.41, 5.74) is 1.10. The van der Waals surface area contributed by atoms with Gasteiger partial charge in [-0.3, -0.25) is 0 Å². The Morgan fingerprint density at radius 2 is 2.00 bits per heavy atom. The Morgan fingerprint density at radius 1 is 1.11 bits per heavy atom. The lowest BCUT2D eigenvalue weighted by Gasteiger charge is -2.09. The minimum Gasteiger partial charge on any atom is -0.497 e. The summed E-state index contributed by atoms with van der Waals surface area (Å²) in [6.07, 6.45) is 1.80. The van der Waals surface area contributed by atoms with Gasteiger partial charge in [-0.1, -0.05) is 6.07 Å². The molecule has 94 valence electrons. The summed E-state index contributed by atoms with van der Waals surface area (Å²) in [5.74, 6) is 2.52. The molecule has 0 saturated carbocycles. The van der Waals surface area contributed by atoms with Gasteiger partial charge in [-0.2, -0.15) is 0 Å². The van der Waals surface area contributed by atoms with Crippen LogP contribution >= 0.6 is 11.8 Å². The normalized spacial score (nSPS) is 10.1. The van der Waals surface area contributed by atoms with Gasteiger partial charge in [-0.15, -0.1) is 11.8 Å². The lowest BCUT2D eigenvalue weighted by Crippen LogP contribution is -1.92. The van der Waals surface area contributed by atoms with Crippen molar-refractivity contribution in [1.29, 1.82) is 0 Å². The molecule has 1 heterocycles. The molecule has 1 aromatic heterocycles. The molecule has 0 N–H and O–H groups in total. The number of nitrogens with zero attached hydrogens (tertiary/aromatic N) is 1. The van der Waals surface area contributed by atoms with Crippen molar-refractivity contribution in [3.05, 3.63) is 48.2 Å². The largest absolute Gasteiger partial charge is 0.497 e. The SMILES string of the molecule is COc1ccc(OC)c(CSc2ccccn2)c1. The monoisotopic (exact) mass is 261 g/mol. The Morgan fingerprint density at radius 3 is 2.67 bits per heavy atom. The van der Waals surface area contributed by atoms with E-state index < -0.39 is 0 Å². The van der Waals surface area contributed by atoms with E-state index in [1.165, 1.54) is 0 Å². The molecule has 0 spiro atoms. The van der Waals surface area contributed by atoms with Gasteiger partial charge in [0.25, 0.3) is 0 Å². The highest BCUT2D eigenvalue weighted by atomic mass is 32.2. The molecule has 18 heavy (non-hydrogen) atoms. The maximum atomic E-state index is 5.34. The molecule has 1 aromatic carbocycles. The van der Waals surface area contributed by atoms with Crippen molar-refractivity contribution >= 4 is 11.8 Å². The summed E-state index contributed by atoms with van der Waals surface area (Å²) in [5, 5.41) is 1.00. The number of hydrogen-bond acceptors (Lipinski definition) is 4. The van der Waals surface area contributed by atoms with Gasteiger partial charge in [-0.05, 0) is 30.3 Å². The van der Waals surface area contributed by atoms with Crippen LogP contribution in [0.25, 0.3) is 0 Å². The predicted octanol–water partition coefficient (Wildman–Crippen LogP) is 3.39. The van der Waals surface area contributed by atoms with Crippen LogP contribution in [0.1, 0.15) is 5.56 Å². The number of methoxy groups -OCH3 is 2. The molecule has 0 saturated heterocycles. The van der Waals surface area contributed by atoms with E-state index >= 15 is 0 Å². The van der Waals surface area contributed by atoms with E-state index in [0.29, 0.717) is 0 Å². The van der Waals surface area contributed by atoms with Crippen LogP contribution in [0.5, 0.6) is 11.5 Å². The van der Waals surface area contributed by atoms with Crippen LogP contribution in [0.15, 0.2) is 47.6 Å². The molecular weight excluding hydrogens is 246 g/mol. The lowest BCUT2D eigenvalue weighted by molar-refractivity contribution is 0.400. The maximum absolute atomic E-state index is 5.34. The second-order valence-electron chi connectivity index (χ2n) is 3.63. The van der Waals surface area contributed by atoms with Gasteiger partial charge >= 0.3 is 0 Å². The van der Waals surface area contributed by atoms with Crippen LogP contribution in [0, 0.1) is 0 Å². The number of aromatic nitrogens is 1. The number of benzene rings is 1. The van der Waals surface area contributed by atoms with Gasteiger partial charge in [0.1, 0.15) is 11.5 Å². The van der Waals surface area contributed by atoms with Crippen molar-refractivity contribution in [2.75, 3.05) is 14.2 Å². The maximum Gasteiger partial charge on any atom is 0.123 e. The topological polar surface area (TPSA) is 31.4 Å². The fourth-order valence-electron chi connectivity index (χ4n) is 1.58. The molecular formula is C14H15NO2S. The van der Waals surface area contributed by atoms with E-state index in [1.807, 2.05) is 36.4 Å². The third kappa shape index (κ3) is 3.17. The molecule has 0 amide bonds. The average molecular weight is 261 g/mol. The third-order valence-corrected chi connectivity index (χ3v) is 3.49. The molecule has 0 bridgehead atoms. The number of thioether (sulfide) groups is 1. The molecule has 0 radical (unpaired) electrons. The van der Waals surface area contributed by atoms with Gasteiger partial charge < -0.3 is 9.47 Å². The van der Waals surface area contributed by atoms with Crippen LogP contribution < -0.4 is 9.47 Å². The molecule has 0 aliphatic carbocycles. The smallest absolute Gasteiger partial charge is 0.123 e. The average Bonchev–Trinajstić information content (AvgIpc) is 2.45. The van der Waals surface area contributed by atoms with E-state index in [4.69, 9.17) is 9.47 Å². The standard InChI is InChI=1S/C14H15NO2S/c1-16-12-6-7-13(17-2)11(9-12)10-18-14-5-3-4-8-15-14/h3-9H,10H2,1-2H3. The highest BCUT2D eigenvalue weighted by molar-refractivity contribution is 7.98. The Balaban J connectivity index is 2.12. The highest BCUT2D eigenvalue weighted by Crippen LogP contribution is 2.29. The Kier molecular flexibility index (Phi) is 4.47. The van der Waals surface area contributed by atoms with Gasteiger partial charge in [-0.25, -0.2) is 4.98 Å². The Hall–Kier alpha value is -1.68. The van der Waals surface area contributed by atoms with E-state index in [9.17, 15) is 0 Å². The van der Waals surface area contributed by atoms with Crippen molar-refractivity contribution in [2.45, 2.75) is 10.8 Å². The quantitative estimate of drug-likeness (QED) is 0.772. The number of hydrogen-bond donors (Lipinski definition) is 0.